The maximum absolute atomic E-state index is 13.8. The van der Waals surface area contributed by atoms with E-state index in [2.05, 4.69) is 5.32 Å². The summed E-state index contributed by atoms with van der Waals surface area (Å²) in [4.78, 5) is 29.0. The van der Waals surface area contributed by atoms with Crippen molar-refractivity contribution >= 4 is 33.2 Å². The van der Waals surface area contributed by atoms with Crippen LogP contribution >= 0.6 is 11.3 Å². The van der Waals surface area contributed by atoms with Crippen molar-refractivity contribution < 1.29 is 18.7 Å². The number of halogens is 1. The van der Waals surface area contributed by atoms with E-state index in [1.165, 1.54) is 17.4 Å². The fourth-order valence-electron chi connectivity index (χ4n) is 3.10. The summed E-state index contributed by atoms with van der Waals surface area (Å²) in [6, 6.07) is 6.52. The molecule has 1 aliphatic heterocycles. The number of hydrogen-bond donors (Lipinski definition) is 1. The van der Waals surface area contributed by atoms with E-state index in [1.807, 2.05) is 11.0 Å². The average Bonchev–Trinajstić information content (AvgIpc) is 3.11. The highest BCUT2D eigenvalue weighted by molar-refractivity contribution is 7.20. The van der Waals surface area contributed by atoms with Crippen molar-refractivity contribution in [1.82, 2.24) is 15.1 Å². The molecule has 1 aromatic carbocycles. The quantitative estimate of drug-likeness (QED) is 0.731. The van der Waals surface area contributed by atoms with Crippen LogP contribution in [-0.4, -0.2) is 74.6 Å². The summed E-state index contributed by atoms with van der Waals surface area (Å²) in [6.07, 6.45) is 0.792. The zero-order valence-electron chi connectivity index (χ0n) is 15.4. The van der Waals surface area contributed by atoms with Crippen LogP contribution in [0.3, 0.4) is 0 Å². The number of amides is 2. The summed E-state index contributed by atoms with van der Waals surface area (Å²) >= 11 is 1.32. The molecule has 1 fully saturated rings. The molecule has 0 aliphatic carbocycles. The maximum Gasteiger partial charge on any atom is 0.264 e. The molecule has 0 spiro atoms. The number of thiophene rings is 1. The van der Waals surface area contributed by atoms with Crippen molar-refractivity contribution in [3.05, 3.63) is 35.0 Å². The van der Waals surface area contributed by atoms with E-state index in [0.29, 0.717) is 56.1 Å². The molecular formula is C19H24FN3O3S. The van der Waals surface area contributed by atoms with Crippen LogP contribution in [0, 0.1) is 5.82 Å². The van der Waals surface area contributed by atoms with Crippen LogP contribution in [0.2, 0.25) is 0 Å². The molecule has 0 unspecified atom stereocenters. The molecule has 3 rings (SSSR count). The van der Waals surface area contributed by atoms with Gasteiger partial charge in [-0.2, -0.15) is 0 Å². The van der Waals surface area contributed by atoms with Gasteiger partial charge in [-0.25, -0.2) is 4.39 Å². The van der Waals surface area contributed by atoms with Gasteiger partial charge < -0.3 is 15.0 Å². The van der Waals surface area contributed by atoms with E-state index in [1.54, 1.807) is 24.1 Å². The number of benzene rings is 1. The number of ether oxygens (including phenoxy) is 1. The van der Waals surface area contributed by atoms with Crippen molar-refractivity contribution in [2.24, 2.45) is 0 Å². The molecule has 0 atom stereocenters. The first kappa shape index (κ1) is 19.7. The summed E-state index contributed by atoms with van der Waals surface area (Å²) in [5.41, 5.74) is 0. The van der Waals surface area contributed by atoms with Crippen molar-refractivity contribution in [1.29, 1.82) is 0 Å². The average molecular weight is 393 g/mol. The van der Waals surface area contributed by atoms with Gasteiger partial charge >= 0.3 is 0 Å². The molecule has 0 saturated carbocycles. The van der Waals surface area contributed by atoms with Gasteiger partial charge in [0.2, 0.25) is 5.91 Å². The van der Waals surface area contributed by atoms with Gasteiger partial charge in [0.25, 0.3) is 5.91 Å². The molecule has 1 aromatic heterocycles. The molecule has 1 N–H and O–H groups in total. The Bertz CT molecular complexity index is 803. The third-order valence-corrected chi connectivity index (χ3v) is 5.68. The third kappa shape index (κ3) is 5.03. The Morgan fingerprint density at radius 1 is 1.26 bits per heavy atom. The van der Waals surface area contributed by atoms with E-state index in [-0.39, 0.29) is 17.6 Å². The minimum absolute atomic E-state index is 0.00846. The molecule has 6 nitrogen and oxygen atoms in total. The molecule has 2 aromatic rings. The van der Waals surface area contributed by atoms with E-state index in [9.17, 15) is 14.0 Å². The Kier molecular flexibility index (Phi) is 6.76. The third-order valence-electron chi connectivity index (χ3n) is 4.59. The molecule has 0 radical (unpaired) electrons. The second kappa shape index (κ2) is 9.25. The first-order chi connectivity index (χ1) is 13.1. The number of hydrogen-bond acceptors (Lipinski definition) is 5. The van der Waals surface area contributed by atoms with Gasteiger partial charge in [-0.05, 0) is 24.6 Å². The predicted molar refractivity (Wildman–Crippen MR) is 104 cm³/mol. The molecule has 0 bridgehead atoms. The lowest BCUT2D eigenvalue weighted by Crippen LogP contribution is -2.51. The van der Waals surface area contributed by atoms with Gasteiger partial charge in [-0.3, -0.25) is 14.5 Å². The number of methoxy groups -OCH3 is 1. The molecule has 146 valence electrons. The number of rotatable bonds is 7. The smallest absolute Gasteiger partial charge is 0.264 e. The summed E-state index contributed by atoms with van der Waals surface area (Å²) in [5.74, 6) is -0.380. The second-order valence-corrected chi connectivity index (χ2v) is 7.61. The van der Waals surface area contributed by atoms with E-state index in [4.69, 9.17) is 4.74 Å². The van der Waals surface area contributed by atoms with Crippen LogP contribution in [0.1, 0.15) is 16.1 Å². The summed E-state index contributed by atoms with van der Waals surface area (Å²) in [6.45, 7) is 3.99. The fraction of sp³-hybridized carbons (Fsp3) is 0.474. The Morgan fingerprint density at radius 3 is 2.74 bits per heavy atom. The molecule has 27 heavy (non-hydrogen) atoms. The number of nitrogens with zero attached hydrogens (tertiary/aromatic N) is 2. The zero-order chi connectivity index (χ0) is 19.2. The predicted octanol–water partition coefficient (Wildman–Crippen LogP) is 1.95. The standard InChI is InChI=1S/C19H24FN3O3S/c1-26-11-3-6-21-18(24)13-22-7-9-23(10-8-22)19(25)17-12-14-15(20)4-2-5-16(14)27-17/h2,4-5,12H,3,6-11,13H2,1H3,(H,21,24). The summed E-state index contributed by atoms with van der Waals surface area (Å²) in [5, 5.41) is 3.36. The Morgan fingerprint density at radius 2 is 2.04 bits per heavy atom. The molecule has 8 heteroatoms. The SMILES string of the molecule is COCCCNC(=O)CN1CCN(C(=O)c2cc3c(F)cccc3s2)CC1. The minimum atomic E-state index is -0.302. The Balaban J connectivity index is 1.49. The number of fused-ring (bicyclic) bond motifs is 1. The highest BCUT2D eigenvalue weighted by atomic mass is 32.1. The largest absolute Gasteiger partial charge is 0.385 e. The van der Waals surface area contributed by atoms with Gasteiger partial charge in [0.1, 0.15) is 5.82 Å². The first-order valence-corrected chi connectivity index (χ1v) is 9.85. The van der Waals surface area contributed by atoms with Crippen LogP contribution in [0.4, 0.5) is 4.39 Å². The molecular weight excluding hydrogens is 369 g/mol. The second-order valence-electron chi connectivity index (χ2n) is 6.53. The van der Waals surface area contributed by atoms with E-state index in [0.717, 1.165) is 11.1 Å². The van der Waals surface area contributed by atoms with Crippen LogP contribution in [0.15, 0.2) is 24.3 Å². The number of carbonyl (C=O) groups excluding carboxylic acids is 2. The zero-order valence-corrected chi connectivity index (χ0v) is 16.2. The van der Waals surface area contributed by atoms with Crippen LogP contribution < -0.4 is 5.32 Å². The highest BCUT2D eigenvalue weighted by Crippen LogP contribution is 2.28. The van der Waals surface area contributed by atoms with E-state index < -0.39 is 0 Å². The first-order valence-electron chi connectivity index (χ1n) is 9.04. The van der Waals surface area contributed by atoms with Gasteiger partial charge in [-0.1, -0.05) is 6.07 Å². The Labute approximate surface area is 161 Å². The Hall–Kier alpha value is -2.03. The van der Waals surface area contributed by atoms with Crippen LogP contribution in [0.25, 0.3) is 10.1 Å². The van der Waals surface area contributed by atoms with Gasteiger partial charge in [0.05, 0.1) is 11.4 Å². The van der Waals surface area contributed by atoms with Crippen molar-refractivity contribution in [2.75, 3.05) is 53.0 Å². The lowest BCUT2D eigenvalue weighted by Gasteiger charge is -2.34. The number of piperazine rings is 1. The highest BCUT2D eigenvalue weighted by Gasteiger charge is 2.24. The number of nitrogens with one attached hydrogen (secondary N) is 1. The minimum Gasteiger partial charge on any atom is -0.385 e. The number of carbonyl (C=O) groups is 2. The molecule has 2 heterocycles. The topological polar surface area (TPSA) is 61.9 Å². The fourth-order valence-corrected chi connectivity index (χ4v) is 4.14. The normalized spacial score (nSPS) is 15.3. The maximum atomic E-state index is 13.8. The summed E-state index contributed by atoms with van der Waals surface area (Å²) < 4.78 is 19.6. The molecule has 1 aliphatic rings. The van der Waals surface area contributed by atoms with Crippen molar-refractivity contribution in [2.45, 2.75) is 6.42 Å². The molecule has 2 amide bonds. The van der Waals surface area contributed by atoms with Gasteiger partial charge in [0, 0.05) is 56.5 Å². The van der Waals surface area contributed by atoms with Gasteiger partial charge in [0.15, 0.2) is 0 Å². The van der Waals surface area contributed by atoms with Crippen molar-refractivity contribution in [3.8, 4) is 0 Å². The monoisotopic (exact) mass is 393 g/mol. The lowest BCUT2D eigenvalue weighted by molar-refractivity contribution is -0.122. The summed E-state index contributed by atoms with van der Waals surface area (Å²) in [7, 11) is 1.64. The molecule has 1 saturated heterocycles. The lowest BCUT2D eigenvalue weighted by atomic mass is 10.2. The van der Waals surface area contributed by atoms with Crippen LogP contribution in [0.5, 0.6) is 0 Å². The van der Waals surface area contributed by atoms with Crippen LogP contribution in [-0.2, 0) is 9.53 Å². The van der Waals surface area contributed by atoms with Gasteiger partial charge in [-0.15, -0.1) is 11.3 Å². The van der Waals surface area contributed by atoms with Crippen molar-refractivity contribution in [3.63, 3.8) is 0 Å². The van der Waals surface area contributed by atoms with E-state index >= 15 is 0 Å².